The minimum absolute atomic E-state index is 0.257. The molecule has 0 saturated carbocycles. The maximum Gasteiger partial charge on any atom is 0.573 e. The molecule has 0 unspecified atom stereocenters. The molecule has 0 aliphatic rings. The van der Waals surface area contributed by atoms with E-state index in [1.165, 1.54) is 18.2 Å². The van der Waals surface area contributed by atoms with Crippen LogP contribution in [0.25, 0.3) is 0 Å². The maximum absolute atomic E-state index is 12.1. The number of rotatable bonds is 3. The van der Waals surface area contributed by atoms with Gasteiger partial charge >= 0.3 is 6.36 Å². The molecule has 0 heterocycles. The van der Waals surface area contributed by atoms with Crippen molar-refractivity contribution in [2.24, 2.45) is 0 Å². The van der Waals surface area contributed by atoms with Gasteiger partial charge in [-0.25, -0.2) is 0 Å². The first-order chi connectivity index (χ1) is 8.94. The van der Waals surface area contributed by atoms with Crippen LogP contribution in [0.4, 0.5) is 18.9 Å². The first kappa shape index (κ1) is 13.3. The van der Waals surface area contributed by atoms with Crippen molar-refractivity contribution < 1.29 is 17.9 Å². The van der Waals surface area contributed by atoms with Crippen molar-refractivity contribution in [1.29, 1.82) is 0 Å². The molecule has 2 aromatic carbocycles. The zero-order chi connectivity index (χ0) is 13.9. The van der Waals surface area contributed by atoms with E-state index >= 15 is 0 Å². The van der Waals surface area contributed by atoms with Gasteiger partial charge in [0, 0.05) is 5.69 Å². The van der Waals surface area contributed by atoms with Crippen LogP contribution < -0.4 is 10.5 Å². The van der Waals surface area contributed by atoms with E-state index in [0.29, 0.717) is 17.7 Å². The summed E-state index contributed by atoms with van der Waals surface area (Å²) >= 11 is 0. The quantitative estimate of drug-likeness (QED) is 0.859. The van der Waals surface area contributed by atoms with Crippen molar-refractivity contribution in [2.45, 2.75) is 12.8 Å². The van der Waals surface area contributed by atoms with E-state index in [4.69, 9.17) is 5.73 Å². The molecule has 0 fully saturated rings. The molecule has 5 heteroatoms. The first-order valence-electron chi connectivity index (χ1n) is 5.62. The molecule has 0 saturated heterocycles. The van der Waals surface area contributed by atoms with Crippen molar-refractivity contribution >= 4 is 5.69 Å². The molecular formula is C14H12F3NO. The van der Waals surface area contributed by atoms with Gasteiger partial charge in [-0.15, -0.1) is 13.2 Å². The Labute approximate surface area is 108 Å². The second kappa shape index (κ2) is 5.22. The van der Waals surface area contributed by atoms with Crippen LogP contribution in [0.3, 0.4) is 0 Å². The summed E-state index contributed by atoms with van der Waals surface area (Å²) in [5.41, 5.74) is 7.78. The molecule has 0 bridgehead atoms. The average Bonchev–Trinajstić information content (AvgIpc) is 2.33. The highest BCUT2D eigenvalue weighted by Gasteiger charge is 2.31. The second-order valence-corrected chi connectivity index (χ2v) is 4.07. The summed E-state index contributed by atoms with van der Waals surface area (Å²) in [6, 6.07) is 13.3. The molecule has 0 spiro atoms. The molecule has 2 rings (SSSR count). The molecule has 0 amide bonds. The van der Waals surface area contributed by atoms with E-state index in [-0.39, 0.29) is 5.75 Å². The summed E-state index contributed by atoms with van der Waals surface area (Å²) in [5.74, 6) is -0.257. The van der Waals surface area contributed by atoms with Gasteiger partial charge in [-0.2, -0.15) is 0 Å². The summed E-state index contributed by atoms with van der Waals surface area (Å²) in [6.07, 6.45) is -4.23. The predicted octanol–water partition coefficient (Wildman–Crippen LogP) is 3.76. The molecule has 2 aromatic rings. The van der Waals surface area contributed by atoms with Gasteiger partial charge in [0.1, 0.15) is 5.75 Å². The molecular weight excluding hydrogens is 255 g/mol. The monoisotopic (exact) mass is 267 g/mol. The fourth-order valence-corrected chi connectivity index (χ4v) is 1.75. The Kier molecular flexibility index (Phi) is 3.64. The van der Waals surface area contributed by atoms with Gasteiger partial charge in [-0.3, -0.25) is 0 Å². The highest BCUT2D eigenvalue weighted by Crippen LogP contribution is 2.27. The fourth-order valence-electron chi connectivity index (χ4n) is 1.75. The molecule has 0 aromatic heterocycles. The summed E-state index contributed by atoms with van der Waals surface area (Å²) in [5, 5.41) is 0. The second-order valence-electron chi connectivity index (χ2n) is 4.07. The van der Waals surface area contributed by atoms with E-state index in [1.54, 1.807) is 0 Å². The number of anilines is 1. The van der Waals surface area contributed by atoms with E-state index in [1.807, 2.05) is 30.3 Å². The Morgan fingerprint density at radius 3 is 2.32 bits per heavy atom. The van der Waals surface area contributed by atoms with Gasteiger partial charge in [-0.1, -0.05) is 30.3 Å². The third-order valence-corrected chi connectivity index (χ3v) is 2.59. The van der Waals surface area contributed by atoms with Gasteiger partial charge in [-0.05, 0) is 35.7 Å². The number of benzene rings is 2. The Balaban J connectivity index is 2.23. The smallest absolute Gasteiger partial charge is 0.406 e. The lowest BCUT2D eigenvalue weighted by Gasteiger charge is -2.12. The summed E-state index contributed by atoms with van der Waals surface area (Å²) in [4.78, 5) is 0. The number of hydrogen-bond donors (Lipinski definition) is 1. The third kappa shape index (κ3) is 3.91. The minimum Gasteiger partial charge on any atom is -0.406 e. The summed E-state index contributed by atoms with van der Waals surface area (Å²) < 4.78 is 40.3. The van der Waals surface area contributed by atoms with Crippen LogP contribution in [0.1, 0.15) is 11.1 Å². The third-order valence-electron chi connectivity index (χ3n) is 2.59. The highest BCUT2D eigenvalue weighted by atomic mass is 19.4. The Hall–Kier alpha value is -2.17. The van der Waals surface area contributed by atoms with Crippen LogP contribution in [-0.4, -0.2) is 6.36 Å². The van der Waals surface area contributed by atoms with Gasteiger partial charge in [0.15, 0.2) is 0 Å². The van der Waals surface area contributed by atoms with Gasteiger partial charge in [0.25, 0.3) is 0 Å². The topological polar surface area (TPSA) is 35.2 Å². The summed E-state index contributed by atoms with van der Waals surface area (Å²) in [7, 11) is 0. The molecule has 0 radical (unpaired) electrons. The van der Waals surface area contributed by atoms with Gasteiger partial charge < -0.3 is 10.5 Å². The zero-order valence-corrected chi connectivity index (χ0v) is 9.95. The van der Waals surface area contributed by atoms with Crippen LogP contribution >= 0.6 is 0 Å². The Morgan fingerprint density at radius 1 is 1.00 bits per heavy atom. The number of nitrogens with two attached hydrogens (primary N) is 1. The zero-order valence-electron chi connectivity index (χ0n) is 9.95. The lowest BCUT2D eigenvalue weighted by molar-refractivity contribution is -0.274. The largest absolute Gasteiger partial charge is 0.573 e. The van der Waals surface area contributed by atoms with Crippen molar-refractivity contribution in [3.8, 4) is 5.75 Å². The Bertz CT molecular complexity index is 552. The van der Waals surface area contributed by atoms with Crippen LogP contribution in [0.2, 0.25) is 0 Å². The van der Waals surface area contributed by atoms with Crippen molar-refractivity contribution in [2.75, 3.05) is 5.73 Å². The highest BCUT2D eigenvalue weighted by molar-refractivity contribution is 5.52. The molecule has 0 atom stereocenters. The van der Waals surface area contributed by atoms with Crippen molar-refractivity contribution in [1.82, 2.24) is 0 Å². The number of ether oxygens (including phenoxy) is 1. The number of halogens is 3. The van der Waals surface area contributed by atoms with E-state index in [2.05, 4.69) is 4.74 Å². The van der Waals surface area contributed by atoms with Crippen molar-refractivity contribution in [3.63, 3.8) is 0 Å². The van der Waals surface area contributed by atoms with Gasteiger partial charge in [0.05, 0.1) is 0 Å². The molecule has 19 heavy (non-hydrogen) atoms. The lowest BCUT2D eigenvalue weighted by atomic mass is 10.0. The van der Waals surface area contributed by atoms with Crippen LogP contribution in [0.15, 0.2) is 48.5 Å². The minimum atomic E-state index is -4.69. The Morgan fingerprint density at radius 2 is 1.68 bits per heavy atom. The first-order valence-corrected chi connectivity index (χ1v) is 5.62. The normalized spacial score (nSPS) is 11.3. The predicted molar refractivity (Wildman–Crippen MR) is 66.8 cm³/mol. The van der Waals surface area contributed by atoms with Crippen molar-refractivity contribution in [3.05, 3.63) is 59.7 Å². The fraction of sp³-hybridized carbons (Fsp3) is 0.143. The standard InChI is InChI=1S/C14H12F3NO/c15-14(16,17)19-12-6-7-13(18)11(9-12)8-10-4-2-1-3-5-10/h1-7,9H,8,18H2. The van der Waals surface area contributed by atoms with Gasteiger partial charge in [0.2, 0.25) is 0 Å². The van der Waals surface area contributed by atoms with E-state index in [0.717, 1.165) is 5.56 Å². The number of hydrogen-bond acceptors (Lipinski definition) is 2. The average molecular weight is 267 g/mol. The van der Waals surface area contributed by atoms with Crippen LogP contribution in [0, 0.1) is 0 Å². The van der Waals surface area contributed by atoms with E-state index in [9.17, 15) is 13.2 Å². The molecule has 0 aliphatic carbocycles. The van der Waals surface area contributed by atoms with E-state index < -0.39 is 6.36 Å². The SMILES string of the molecule is Nc1ccc(OC(F)(F)F)cc1Cc1ccccc1. The van der Waals surface area contributed by atoms with Crippen LogP contribution in [0.5, 0.6) is 5.75 Å². The van der Waals surface area contributed by atoms with Crippen LogP contribution in [-0.2, 0) is 6.42 Å². The lowest BCUT2D eigenvalue weighted by Crippen LogP contribution is -2.17. The maximum atomic E-state index is 12.1. The molecule has 2 N–H and O–H groups in total. The molecule has 100 valence electrons. The number of alkyl halides is 3. The number of nitrogen functional groups attached to an aromatic ring is 1. The summed E-state index contributed by atoms with van der Waals surface area (Å²) in [6.45, 7) is 0. The molecule has 0 aliphatic heterocycles. The molecule has 2 nitrogen and oxygen atoms in total.